The number of aromatic nitrogens is 1. The van der Waals surface area contributed by atoms with Gasteiger partial charge in [-0.1, -0.05) is 17.4 Å². The number of nitrogens with one attached hydrogen (secondary N) is 1. The van der Waals surface area contributed by atoms with Gasteiger partial charge in [0.05, 0.1) is 30.0 Å². The highest BCUT2D eigenvalue weighted by molar-refractivity contribution is 7.22. The number of fused-ring (bicyclic) bond motifs is 1. The van der Waals surface area contributed by atoms with Crippen molar-refractivity contribution in [2.24, 2.45) is 0 Å². The van der Waals surface area contributed by atoms with E-state index in [0.29, 0.717) is 47.8 Å². The van der Waals surface area contributed by atoms with Crippen LogP contribution in [0.25, 0.3) is 10.2 Å². The number of carbonyl (C=O) groups excluding carboxylic acids is 1. The van der Waals surface area contributed by atoms with Gasteiger partial charge in [0.1, 0.15) is 0 Å². The lowest BCUT2D eigenvalue weighted by Crippen LogP contribution is -2.13. The Morgan fingerprint density at radius 3 is 2.17 bits per heavy atom. The average Bonchev–Trinajstić information content (AvgIpc) is 3.07. The molecule has 3 aromatic rings. The van der Waals surface area contributed by atoms with Crippen LogP contribution in [0.5, 0.6) is 17.2 Å². The van der Waals surface area contributed by atoms with Crippen molar-refractivity contribution in [1.82, 2.24) is 4.98 Å². The summed E-state index contributed by atoms with van der Waals surface area (Å²) in [5.41, 5.74) is 3.61. The van der Waals surface area contributed by atoms with Gasteiger partial charge < -0.3 is 14.2 Å². The number of thiazole rings is 1. The number of nitrogens with zero attached hydrogens (tertiary/aromatic N) is 1. The lowest BCUT2D eigenvalue weighted by Gasteiger charge is -2.16. The maximum absolute atomic E-state index is 12.9. The van der Waals surface area contributed by atoms with E-state index in [1.165, 1.54) is 11.3 Å². The number of anilines is 1. The van der Waals surface area contributed by atoms with E-state index in [4.69, 9.17) is 14.2 Å². The molecule has 7 heteroatoms. The zero-order valence-electron chi connectivity index (χ0n) is 17.4. The minimum absolute atomic E-state index is 0.275. The molecular weight excluding hydrogens is 388 g/mol. The van der Waals surface area contributed by atoms with E-state index in [1.807, 2.05) is 40.7 Å². The molecule has 0 unspecified atom stereocenters. The predicted octanol–water partition coefficient (Wildman–Crippen LogP) is 5.36. The summed E-state index contributed by atoms with van der Waals surface area (Å²) in [6.07, 6.45) is 0. The van der Waals surface area contributed by atoms with Gasteiger partial charge in [-0.15, -0.1) is 0 Å². The molecule has 0 aliphatic rings. The fourth-order valence-electron chi connectivity index (χ4n) is 3.12. The molecule has 0 radical (unpaired) electrons. The van der Waals surface area contributed by atoms with E-state index in [0.717, 1.165) is 21.3 Å². The van der Waals surface area contributed by atoms with Crippen molar-refractivity contribution in [3.05, 3.63) is 41.0 Å². The summed E-state index contributed by atoms with van der Waals surface area (Å²) < 4.78 is 18.2. The Balaban J connectivity index is 1.94. The van der Waals surface area contributed by atoms with Gasteiger partial charge in [-0.25, -0.2) is 4.98 Å². The number of hydrogen-bond donors (Lipinski definition) is 1. The maximum atomic E-state index is 12.9. The molecule has 154 valence electrons. The zero-order chi connectivity index (χ0) is 21.0. The highest BCUT2D eigenvalue weighted by Crippen LogP contribution is 2.39. The van der Waals surface area contributed by atoms with Crippen LogP contribution < -0.4 is 19.5 Å². The van der Waals surface area contributed by atoms with Crippen LogP contribution in [-0.4, -0.2) is 30.7 Å². The zero-order valence-corrected chi connectivity index (χ0v) is 18.2. The number of hydrogen-bond acceptors (Lipinski definition) is 6. The summed E-state index contributed by atoms with van der Waals surface area (Å²) in [5.74, 6) is 1.21. The molecule has 0 aliphatic heterocycles. The second kappa shape index (κ2) is 9.13. The SMILES string of the molecule is CCOc1cc(C(=O)Nc2nc3cc(C)cc(C)c3s2)cc(OCC)c1OCC. The number of benzene rings is 2. The molecule has 1 heterocycles. The van der Waals surface area contributed by atoms with E-state index in [-0.39, 0.29) is 5.91 Å². The number of rotatable bonds is 8. The lowest BCUT2D eigenvalue weighted by atomic mass is 10.1. The Morgan fingerprint density at radius 2 is 1.59 bits per heavy atom. The van der Waals surface area contributed by atoms with E-state index in [9.17, 15) is 4.79 Å². The van der Waals surface area contributed by atoms with Crippen LogP contribution in [0.2, 0.25) is 0 Å². The van der Waals surface area contributed by atoms with Crippen LogP contribution in [0.4, 0.5) is 5.13 Å². The van der Waals surface area contributed by atoms with Crippen molar-refractivity contribution >= 4 is 32.6 Å². The van der Waals surface area contributed by atoms with Crippen LogP contribution in [0.15, 0.2) is 24.3 Å². The molecule has 0 saturated carbocycles. The Kier molecular flexibility index (Phi) is 6.59. The van der Waals surface area contributed by atoms with Crippen LogP contribution in [0, 0.1) is 13.8 Å². The van der Waals surface area contributed by atoms with Crippen molar-refractivity contribution in [3.8, 4) is 17.2 Å². The number of aryl methyl sites for hydroxylation is 2. The third kappa shape index (κ3) is 4.62. The van der Waals surface area contributed by atoms with Crippen LogP contribution in [-0.2, 0) is 0 Å². The van der Waals surface area contributed by atoms with Gasteiger partial charge in [0.2, 0.25) is 5.75 Å². The summed E-state index contributed by atoms with van der Waals surface area (Å²) in [7, 11) is 0. The quantitative estimate of drug-likeness (QED) is 0.537. The summed E-state index contributed by atoms with van der Waals surface area (Å²) in [6.45, 7) is 11.1. The number of carbonyl (C=O) groups is 1. The first-order valence-corrected chi connectivity index (χ1v) is 10.5. The molecule has 0 atom stereocenters. The Hall–Kier alpha value is -2.80. The molecule has 3 rings (SSSR count). The molecule has 0 spiro atoms. The first kappa shape index (κ1) is 20.9. The molecule has 0 fully saturated rings. The van der Waals surface area contributed by atoms with Crippen molar-refractivity contribution < 1.29 is 19.0 Å². The van der Waals surface area contributed by atoms with E-state index < -0.39 is 0 Å². The predicted molar refractivity (Wildman–Crippen MR) is 117 cm³/mol. The smallest absolute Gasteiger partial charge is 0.257 e. The minimum Gasteiger partial charge on any atom is -0.490 e. The van der Waals surface area contributed by atoms with Crippen molar-refractivity contribution in [3.63, 3.8) is 0 Å². The highest BCUT2D eigenvalue weighted by Gasteiger charge is 2.19. The van der Waals surface area contributed by atoms with Gasteiger partial charge in [-0.05, 0) is 63.9 Å². The van der Waals surface area contributed by atoms with Crippen LogP contribution >= 0.6 is 11.3 Å². The molecule has 0 aliphatic carbocycles. The van der Waals surface area contributed by atoms with E-state index in [1.54, 1.807) is 12.1 Å². The Labute approximate surface area is 174 Å². The fourth-order valence-corrected chi connectivity index (χ4v) is 4.03. The molecule has 2 aromatic carbocycles. The third-order valence-corrected chi connectivity index (χ3v) is 5.33. The topological polar surface area (TPSA) is 69.7 Å². The maximum Gasteiger partial charge on any atom is 0.257 e. The standard InChI is InChI=1S/C22H26N2O4S/c1-6-26-17-11-15(12-18(27-7-2)19(17)28-8-3)21(25)24-22-23-16-10-13(4)9-14(5)20(16)29-22/h9-12H,6-8H2,1-5H3,(H,23,24,25). The Bertz CT molecular complexity index is 1000. The summed E-state index contributed by atoms with van der Waals surface area (Å²) in [6, 6.07) is 7.48. The van der Waals surface area contributed by atoms with Crippen LogP contribution in [0.1, 0.15) is 42.3 Å². The van der Waals surface area contributed by atoms with Gasteiger partial charge in [-0.3, -0.25) is 10.1 Å². The third-order valence-electron chi connectivity index (χ3n) is 4.21. The molecule has 1 amide bonds. The lowest BCUT2D eigenvalue weighted by molar-refractivity contribution is 0.102. The minimum atomic E-state index is -0.275. The summed E-state index contributed by atoms with van der Waals surface area (Å²) >= 11 is 1.47. The monoisotopic (exact) mass is 414 g/mol. The second-order valence-corrected chi connectivity index (χ2v) is 7.50. The highest BCUT2D eigenvalue weighted by atomic mass is 32.1. The van der Waals surface area contributed by atoms with Crippen molar-refractivity contribution in [1.29, 1.82) is 0 Å². The molecular formula is C22H26N2O4S. The molecule has 0 saturated heterocycles. The van der Waals surface area contributed by atoms with E-state index >= 15 is 0 Å². The molecule has 1 aromatic heterocycles. The normalized spacial score (nSPS) is 10.8. The van der Waals surface area contributed by atoms with Crippen LogP contribution in [0.3, 0.4) is 0 Å². The van der Waals surface area contributed by atoms with Gasteiger partial charge in [-0.2, -0.15) is 0 Å². The summed E-state index contributed by atoms with van der Waals surface area (Å²) in [4.78, 5) is 17.5. The number of amides is 1. The first-order valence-electron chi connectivity index (χ1n) is 9.72. The van der Waals surface area contributed by atoms with E-state index in [2.05, 4.69) is 16.4 Å². The largest absolute Gasteiger partial charge is 0.490 e. The molecule has 6 nitrogen and oxygen atoms in total. The number of ether oxygens (including phenoxy) is 3. The van der Waals surface area contributed by atoms with Gasteiger partial charge in [0.15, 0.2) is 16.6 Å². The fraction of sp³-hybridized carbons (Fsp3) is 0.364. The second-order valence-electron chi connectivity index (χ2n) is 6.50. The van der Waals surface area contributed by atoms with Gasteiger partial charge in [0.25, 0.3) is 5.91 Å². The molecule has 0 bridgehead atoms. The Morgan fingerprint density at radius 1 is 0.966 bits per heavy atom. The van der Waals surface area contributed by atoms with Gasteiger partial charge >= 0.3 is 0 Å². The molecule has 1 N–H and O–H groups in total. The van der Waals surface area contributed by atoms with Crippen molar-refractivity contribution in [2.75, 3.05) is 25.1 Å². The average molecular weight is 415 g/mol. The van der Waals surface area contributed by atoms with Crippen molar-refractivity contribution in [2.45, 2.75) is 34.6 Å². The summed E-state index contributed by atoms with van der Waals surface area (Å²) in [5, 5.41) is 3.46. The molecule has 29 heavy (non-hydrogen) atoms. The van der Waals surface area contributed by atoms with Gasteiger partial charge in [0, 0.05) is 5.56 Å². The first-order chi connectivity index (χ1) is 14.0.